The van der Waals surface area contributed by atoms with Crippen LogP contribution in [0.3, 0.4) is 0 Å². The summed E-state index contributed by atoms with van der Waals surface area (Å²) >= 11 is 0. The molecule has 8 nitrogen and oxygen atoms in total. The lowest BCUT2D eigenvalue weighted by Crippen LogP contribution is -2.51. The fourth-order valence-corrected chi connectivity index (χ4v) is 3.29. The Balaban J connectivity index is 1.66. The molecule has 1 N–H and O–H groups in total. The number of amides is 3. The average molecular weight is 414 g/mol. The van der Waals surface area contributed by atoms with Crippen LogP contribution >= 0.6 is 0 Å². The van der Waals surface area contributed by atoms with Gasteiger partial charge in [-0.05, 0) is 25.1 Å². The van der Waals surface area contributed by atoms with Crippen molar-refractivity contribution in [1.82, 2.24) is 19.7 Å². The van der Waals surface area contributed by atoms with Gasteiger partial charge in [-0.15, -0.1) is 0 Å². The first-order valence-corrected chi connectivity index (χ1v) is 9.79. The van der Waals surface area contributed by atoms with Gasteiger partial charge in [-0.25, -0.2) is 14.2 Å². The van der Waals surface area contributed by atoms with Crippen LogP contribution in [0.1, 0.15) is 11.3 Å². The van der Waals surface area contributed by atoms with Crippen molar-refractivity contribution in [1.29, 1.82) is 0 Å². The summed E-state index contributed by atoms with van der Waals surface area (Å²) in [6.45, 7) is 4.84. The van der Waals surface area contributed by atoms with Gasteiger partial charge in [0, 0.05) is 58.1 Å². The first-order chi connectivity index (χ1) is 14.4. The zero-order valence-electron chi connectivity index (χ0n) is 17.5. The van der Waals surface area contributed by atoms with Gasteiger partial charge < -0.3 is 9.80 Å². The minimum Gasteiger partial charge on any atom is -0.331 e. The number of anilines is 2. The van der Waals surface area contributed by atoms with Crippen molar-refractivity contribution in [2.75, 3.05) is 50.7 Å². The molecule has 3 rings (SSSR count). The van der Waals surface area contributed by atoms with Crippen molar-refractivity contribution in [3.8, 4) is 0 Å². The van der Waals surface area contributed by atoms with E-state index in [9.17, 15) is 9.59 Å². The smallest absolute Gasteiger partial charge is 0.319 e. The number of carbonyl (C=O) groups excluding carboxylic acids is 2. The maximum Gasteiger partial charge on any atom is 0.319 e. The molecule has 9 heteroatoms. The lowest BCUT2D eigenvalue weighted by molar-refractivity contribution is -0.107. The van der Waals surface area contributed by atoms with Crippen molar-refractivity contribution in [2.24, 2.45) is 0 Å². The van der Waals surface area contributed by atoms with Crippen LogP contribution in [0, 0.1) is 12.7 Å². The highest BCUT2D eigenvalue weighted by molar-refractivity contribution is 5.78. The van der Waals surface area contributed by atoms with Crippen molar-refractivity contribution >= 4 is 23.8 Å². The minimum atomic E-state index is -0.406. The van der Waals surface area contributed by atoms with Gasteiger partial charge in [0.05, 0.1) is 17.6 Å². The van der Waals surface area contributed by atoms with Crippen LogP contribution < -0.4 is 10.4 Å². The van der Waals surface area contributed by atoms with Gasteiger partial charge in [0.1, 0.15) is 0 Å². The summed E-state index contributed by atoms with van der Waals surface area (Å²) in [7, 11) is 3.47. The predicted octanol–water partition coefficient (Wildman–Crippen LogP) is 2.32. The van der Waals surface area contributed by atoms with Crippen LogP contribution in [0.15, 0.2) is 36.5 Å². The number of nitrogens with zero attached hydrogens (tertiary/aromatic N) is 5. The van der Waals surface area contributed by atoms with Crippen molar-refractivity contribution in [3.63, 3.8) is 0 Å². The molecule has 0 bridgehead atoms. The topological polar surface area (TPSA) is 72.0 Å². The number of rotatable bonds is 6. The Morgan fingerprint density at radius 3 is 2.53 bits per heavy atom. The van der Waals surface area contributed by atoms with E-state index in [1.54, 1.807) is 60.4 Å². The van der Waals surface area contributed by atoms with Gasteiger partial charge in [0.2, 0.25) is 6.41 Å². The second-order valence-corrected chi connectivity index (χ2v) is 7.46. The molecule has 0 atom stereocenters. The van der Waals surface area contributed by atoms with E-state index in [4.69, 9.17) is 0 Å². The third-order valence-electron chi connectivity index (χ3n) is 5.02. The first kappa shape index (κ1) is 21.5. The van der Waals surface area contributed by atoms with Crippen LogP contribution in [-0.4, -0.2) is 72.4 Å². The van der Waals surface area contributed by atoms with Crippen molar-refractivity contribution in [3.05, 3.63) is 53.6 Å². The van der Waals surface area contributed by atoms with Crippen molar-refractivity contribution < 1.29 is 14.0 Å². The molecule has 0 aliphatic carbocycles. The lowest BCUT2D eigenvalue weighted by atomic mass is 10.1. The summed E-state index contributed by atoms with van der Waals surface area (Å²) in [4.78, 5) is 33.2. The molecule has 0 radical (unpaired) electrons. The molecule has 0 spiro atoms. The summed E-state index contributed by atoms with van der Waals surface area (Å²) in [5.41, 5.74) is 4.90. The molecular weight excluding hydrogens is 387 g/mol. The maximum absolute atomic E-state index is 15.1. The largest absolute Gasteiger partial charge is 0.331 e. The van der Waals surface area contributed by atoms with Gasteiger partial charge in [0.25, 0.3) is 0 Å². The Labute approximate surface area is 175 Å². The molecular formula is C21H27FN6O2. The molecule has 1 aliphatic rings. The first-order valence-electron chi connectivity index (χ1n) is 9.79. The highest BCUT2D eigenvalue weighted by atomic mass is 19.1. The fourth-order valence-electron chi connectivity index (χ4n) is 3.29. The summed E-state index contributed by atoms with van der Waals surface area (Å²) in [6, 6.07) is 8.58. The van der Waals surface area contributed by atoms with Crippen LogP contribution in [0.5, 0.6) is 0 Å². The molecule has 30 heavy (non-hydrogen) atoms. The monoisotopic (exact) mass is 414 g/mol. The van der Waals surface area contributed by atoms with E-state index in [0.717, 1.165) is 5.69 Å². The van der Waals surface area contributed by atoms with E-state index < -0.39 is 5.82 Å². The maximum atomic E-state index is 15.1. The van der Waals surface area contributed by atoms with Crippen LogP contribution in [0.4, 0.5) is 20.6 Å². The molecule has 1 aromatic heterocycles. The Bertz CT molecular complexity index is 882. The van der Waals surface area contributed by atoms with E-state index in [0.29, 0.717) is 50.4 Å². The van der Waals surface area contributed by atoms with E-state index in [1.165, 1.54) is 5.01 Å². The molecule has 1 aromatic carbocycles. The molecule has 1 aliphatic heterocycles. The normalized spacial score (nSPS) is 14.3. The summed E-state index contributed by atoms with van der Waals surface area (Å²) < 4.78 is 15.1. The van der Waals surface area contributed by atoms with E-state index in [1.807, 2.05) is 6.92 Å². The van der Waals surface area contributed by atoms with Crippen molar-refractivity contribution in [2.45, 2.75) is 13.5 Å². The van der Waals surface area contributed by atoms with Crippen LogP contribution in [0.2, 0.25) is 0 Å². The number of urea groups is 1. The number of carbonyl (C=O) groups is 2. The molecule has 1 saturated heterocycles. The second-order valence-electron chi connectivity index (χ2n) is 7.46. The highest BCUT2D eigenvalue weighted by Crippen LogP contribution is 2.22. The quantitative estimate of drug-likeness (QED) is 0.580. The number of halogens is 1. The molecule has 2 heterocycles. The van der Waals surface area contributed by atoms with Gasteiger partial charge in [-0.3, -0.25) is 20.1 Å². The summed E-state index contributed by atoms with van der Waals surface area (Å²) in [6.07, 6.45) is 2.13. The van der Waals surface area contributed by atoms with Crippen LogP contribution in [0.25, 0.3) is 0 Å². The van der Waals surface area contributed by atoms with E-state index in [2.05, 4.69) is 15.3 Å². The molecule has 2 aromatic rings. The second kappa shape index (κ2) is 9.53. The van der Waals surface area contributed by atoms with Crippen LogP contribution in [-0.2, 0) is 11.3 Å². The number of aryl methyl sites for hydroxylation is 1. The Hall–Kier alpha value is -3.20. The number of nitrogens with one attached hydrogen (secondary N) is 1. The summed E-state index contributed by atoms with van der Waals surface area (Å²) in [5.74, 6) is -0.406. The number of aromatic nitrogens is 1. The Morgan fingerprint density at radius 1 is 1.20 bits per heavy atom. The lowest BCUT2D eigenvalue weighted by Gasteiger charge is -2.36. The van der Waals surface area contributed by atoms with Gasteiger partial charge in [-0.1, -0.05) is 12.1 Å². The third-order valence-corrected chi connectivity index (χ3v) is 5.02. The zero-order valence-corrected chi connectivity index (χ0v) is 17.5. The predicted molar refractivity (Wildman–Crippen MR) is 113 cm³/mol. The van der Waals surface area contributed by atoms with Gasteiger partial charge >= 0.3 is 6.03 Å². The van der Waals surface area contributed by atoms with E-state index >= 15 is 4.39 Å². The molecule has 0 unspecified atom stereocenters. The summed E-state index contributed by atoms with van der Waals surface area (Å²) in [5, 5.41) is 1.19. The number of hydrogen-bond acceptors (Lipinski definition) is 5. The number of pyridine rings is 1. The minimum absolute atomic E-state index is 0.00780. The number of hydrazine groups is 1. The average Bonchev–Trinajstić information content (AvgIpc) is 2.75. The molecule has 3 amide bonds. The molecule has 0 saturated carbocycles. The SMILES string of the molecule is Cc1ccc(N(C=O)Nc2cccc(CN3CCN(C(=O)N(C)C)CC3)c2F)cn1. The number of hydrogen-bond donors (Lipinski definition) is 1. The molecule has 160 valence electrons. The Kier molecular flexibility index (Phi) is 6.83. The third kappa shape index (κ3) is 5.04. The Morgan fingerprint density at radius 2 is 1.93 bits per heavy atom. The standard InChI is InChI=1S/C21H27FN6O2/c1-16-7-8-18(13-23-16)28(15-29)24-19-6-4-5-17(20(19)22)14-26-9-11-27(12-10-26)21(30)25(2)3/h4-8,13,15,24H,9-12,14H2,1-3H3. The van der Waals surface area contributed by atoms with Gasteiger partial charge in [0.15, 0.2) is 5.82 Å². The fraction of sp³-hybridized carbons (Fsp3) is 0.381. The zero-order chi connectivity index (χ0) is 21.7. The van der Waals surface area contributed by atoms with E-state index in [-0.39, 0.29) is 11.7 Å². The molecule has 1 fully saturated rings. The number of benzene rings is 1. The highest BCUT2D eigenvalue weighted by Gasteiger charge is 2.23. The number of piperazine rings is 1. The van der Waals surface area contributed by atoms with Gasteiger partial charge in [-0.2, -0.15) is 0 Å².